The SMILES string of the molecule is CCNC(CCOCC(F)F)c1cc(C)c(OC)cc1C. The Balaban J connectivity index is 2.77. The summed E-state index contributed by atoms with van der Waals surface area (Å²) in [5.74, 6) is 0.862. The molecule has 120 valence electrons. The molecule has 1 N–H and O–H groups in total. The molecule has 0 saturated carbocycles. The number of rotatable bonds is 9. The minimum atomic E-state index is -2.41. The van der Waals surface area contributed by atoms with Crippen LogP contribution in [-0.2, 0) is 4.74 Å². The van der Waals surface area contributed by atoms with E-state index in [1.54, 1.807) is 7.11 Å². The van der Waals surface area contributed by atoms with Crippen molar-refractivity contribution in [2.75, 3.05) is 26.9 Å². The fourth-order valence-electron chi connectivity index (χ4n) is 2.39. The van der Waals surface area contributed by atoms with E-state index < -0.39 is 13.0 Å². The molecular formula is C16H25F2NO2. The molecule has 0 radical (unpaired) electrons. The number of nitrogens with one attached hydrogen (secondary N) is 1. The molecule has 0 aromatic heterocycles. The smallest absolute Gasteiger partial charge is 0.261 e. The van der Waals surface area contributed by atoms with Crippen LogP contribution >= 0.6 is 0 Å². The van der Waals surface area contributed by atoms with Crippen LogP contribution in [0.1, 0.15) is 36.1 Å². The molecule has 0 aliphatic rings. The van der Waals surface area contributed by atoms with Crippen LogP contribution < -0.4 is 10.1 Å². The van der Waals surface area contributed by atoms with Gasteiger partial charge in [0.1, 0.15) is 12.4 Å². The maximum Gasteiger partial charge on any atom is 0.261 e. The normalized spacial score (nSPS) is 12.7. The van der Waals surface area contributed by atoms with Crippen LogP contribution in [0.5, 0.6) is 5.75 Å². The lowest BCUT2D eigenvalue weighted by Crippen LogP contribution is -2.23. The molecule has 1 rings (SSSR count). The van der Waals surface area contributed by atoms with Gasteiger partial charge in [0.15, 0.2) is 0 Å². The Kier molecular flexibility index (Phi) is 7.61. The maximum atomic E-state index is 12.1. The van der Waals surface area contributed by atoms with Crippen molar-refractivity contribution in [3.05, 3.63) is 28.8 Å². The van der Waals surface area contributed by atoms with Gasteiger partial charge in [-0.15, -0.1) is 0 Å². The van der Waals surface area contributed by atoms with E-state index in [2.05, 4.69) is 11.4 Å². The number of benzene rings is 1. The van der Waals surface area contributed by atoms with Crippen LogP contribution in [0.25, 0.3) is 0 Å². The van der Waals surface area contributed by atoms with Gasteiger partial charge in [0.25, 0.3) is 6.43 Å². The van der Waals surface area contributed by atoms with E-state index in [0.29, 0.717) is 13.0 Å². The molecule has 1 atom stereocenters. The Labute approximate surface area is 125 Å². The zero-order chi connectivity index (χ0) is 15.8. The Morgan fingerprint density at radius 2 is 1.90 bits per heavy atom. The van der Waals surface area contributed by atoms with Crippen LogP contribution in [0.4, 0.5) is 8.78 Å². The van der Waals surface area contributed by atoms with Crippen molar-refractivity contribution in [3.63, 3.8) is 0 Å². The van der Waals surface area contributed by atoms with Crippen LogP contribution in [0.3, 0.4) is 0 Å². The highest BCUT2D eigenvalue weighted by Crippen LogP contribution is 2.28. The number of hydrogen-bond donors (Lipinski definition) is 1. The average molecular weight is 301 g/mol. The second kappa shape index (κ2) is 8.95. The van der Waals surface area contributed by atoms with Crippen molar-refractivity contribution in [1.29, 1.82) is 0 Å². The first-order chi connectivity index (χ1) is 9.99. The zero-order valence-corrected chi connectivity index (χ0v) is 13.2. The van der Waals surface area contributed by atoms with Crippen molar-refractivity contribution in [3.8, 4) is 5.75 Å². The van der Waals surface area contributed by atoms with Crippen LogP contribution in [0.15, 0.2) is 12.1 Å². The first-order valence-electron chi connectivity index (χ1n) is 7.24. The van der Waals surface area contributed by atoms with Crippen molar-refractivity contribution in [2.24, 2.45) is 0 Å². The highest BCUT2D eigenvalue weighted by molar-refractivity contribution is 5.42. The van der Waals surface area contributed by atoms with E-state index in [4.69, 9.17) is 9.47 Å². The van der Waals surface area contributed by atoms with Gasteiger partial charge < -0.3 is 14.8 Å². The lowest BCUT2D eigenvalue weighted by atomic mass is 9.96. The van der Waals surface area contributed by atoms with Crippen molar-refractivity contribution in [1.82, 2.24) is 5.32 Å². The molecule has 21 heavy (non-hydrogen) atoms. The molecule has 0 spiro atoms. The lowest BCUT2D eigenvalue weighted by Gasteiger charge is -2.22. The number of methoxy groups -OCH3 is 1. The molecule has 0 amide bonds. The fourth-order valence-corrected chi connectivity index (χ4v) is 2.39. The second-order valence-corrected chi connectivity index (χ2v) is 5.04. The fraction of sp³-hybridized carbons (Fsp3) is 0.625. The highest BCUT2D eigenvalue weighted by Gasteiger charge is 2.15. The Morgan fingerprint density at radius 3 is 2.48 bits per heavy atom. The quantitative estimate of drug-likeness (QED) is 0.706. The Bertz CT molecular complexity index is 439. The summed E-state index contributed by atoms with van der Waals surface area (Å²) in [5.41, 5.74) is 3.35. The minimum absolute atomic E-state index is 0.0947. The van der Waals surface area contributed by atoms with Crippen LogP contribution in [-0.4, -0.2) is 33.3 Å². The van der Waals surface area contributed by atoms with Gasteiger partial charge in [0.2, 0.25) is 0 Å². The molecule has 1 unspecified atom stereocenters. The predicted octanol–water partition coefficient (Wildman–Crippen LogP) is 3.63. The third-order valence-electron chi connectivity index (χ3n) is 3.40. The molecule has 0 aliphatic carbocycles. The average Bonchev–Trinajstić information content (AvgIpc) is 2.44. The first-order valence-corrected chi connectivity index (χ1v) is 7.24. The number of alkyl halides is 2. The molecule has 0 aliphatic heterocycles. The maximum absolute atomic E-state index is 12.1. The Hall–Kier alpha value is -1.20. The first kappa shape index (κ1) is 17.9. The summed E-state index contributed by atoms with van der Waals surface area (Å²) in [4.78, 5) is 0. The van der Waals surface area contributed by atoms with Crippen molar-refractivity contribution < 1.29 is 18.3 Å². The van der Waals surface area contributed by atoms with Gasteiger partial charge in [-0.3, -0.25) is 0 Å². The lowest BCUT2D eigenvalue weighted by molar-refractivity contribution is 0.0144. The van der Waals surface area contributed by atoms with Gasteiger partial charge in [-0.05, 0) is 49.6 Å². The molecule has 0 bridgehead atoms. The molecule has 0 saturated heterocycles. The summed E-state index contributed by atoms with van der Waals surface area (Å²) in [7, 11) is 1.65. The van der Waals surface area contributed by atoms with E-state index in [0.717, 1.165) is 29.0 Å². The highest BCUT2D eigenvalue weighted by atomic mass is 19.3. The van der Waals surface area contributed by atoms with Crippen LogP contribution in [0, 0.1) is 13.8 Å². The summed E-state index contributed by atoms with van der Waals surface area (Å²) in [6.07, 6.45) is -1.75. The molecule has 1 aromatic rings. The standard InChI is InChI=1S/C16H25F2NO2/c1-5-19-14(6-7-21-10-16(17)18)13-8-12(3)15(20-4)9-11(13)2/h8-9,14,16,19H,5-7,10H2,1-4H3. The van der Waals surface area contributed by atoms with Gasteiger partial charge >= 0.3 is 0 Å². The summed E-state index contributed by atoms with van der Waals surface area (Å²) in [5, 5.41) is 3.38. The third-order valence-corrected chi connectivity index (χ3v) is 3.40. The van der Waals surface area contributed by atoms with Gasteiger partial charge in [-0.25, -0.2) is 8.78 Å². The summed E-state index contributed by atoms with van der Waals surface area (Å²) < 4.78 is 34.5. The van der Waals surface area contributed by atoms with E-state index in [1.165, 1.54) is 0 Å². The number of aryl methyl sites for hydroxylation is 2. The van der Waals surface area contributed by atoms with Crippen LogP contribution in [0.2, 0.25) is 0 Å². The zero-order valence-electron chi connectivity index (χ0n) is 13.2. The molecule has 0 fully saturated rings. The molecule has 1 aromatic carbocycles. The van der Waals surface area contributed by atoms with E-state index in [1.807, 2.05) is 26.8 Å². The molecule has 3 nitrogen and oxygen atoms in total. The topological polar surface area (TPSA) is 30.5 Å². The monoisotopic (exact) mass is 301 g/mol. The summed E-state index contributed by atoms with van der Waals surface area (Å²) in [6.45, 7) is 6.68. The largest absolute Gasteiger partial charge is 0.496 e. The second-order valence-electron chi connectivity index (χ2n) is 5.04. The third kappa shape index (κ3) is 5.59. The van der Waals surface area contributed by atoms with Crippen molar-refractivity contribution >= 4 is 0 Å². The van der Waals surface area contributed by atoms with E-state index >= 15 is 0 Å². The summed E-state index contributed by atoms with van der Waals surface area (Å²) >= 11 is 0. The van der Waals surface area contributed by atoms with Gasteiger partial charge in [0, 0.05) is 12.6 Å². The van der Waals surface area contributed by atoms with Gasteiger partial charge in [-0.1, -0.05) is 13.0 Å². The molecule has 5 heteroatoms. The number of halogens is 2. The van der Waals surface area contributed by atoms with Gasteiger partial charge in [0.05, 0.1) is 7.11 Å². The Morgan fingerprint density at radius 1 is 1.19 bits per heavy atom. The molecule has 0 heterocycles. The molecular weight excluding hydrogens is 276 g/mol. The van der Waals surface area contributed by atoms with E-state index in [-0.39, 0.29) is 6.04 Å². The van der Waals surface area contributed by atoms with E-state index in [9.17, 15) is 8.78 Å². The van der Waals surface area contributed by atoms with Crippen molar-refractivity contribution in [2.45, 2.75) is 39.7 Å². The van der Waals surface area contributed by atoms with Gasteiger partial charge in [-0.2, -0.15) is 0 Å². The minimum Gasteiger partial charge on any atom is -0.496 e. The number of hydrogen-bond acceptors (Lipinski definition) is 3. The predicted molar refractivity (Wildman–Crippen MR) is 80.3 cm³/mol. The number of ether oxygens (including phenoxy) is 2. The summed E-state index contributed by atoms with van der Waals surface area (Å²) in [6, 6.07) is 4.20.